The van der Waals surface area contributed by atoms with Crippen molar-refractivity contribution < 1.29 is 76.3 Å². The fourth-order valence-electron chi connectivity index (χ4n) is 8.24. The Morgan fingerprint density at radius 1 is 1.22 bits per heavy atom. The Labute approximate surface area is 260 Å². The van der Waals surface area contributed by atoms with E-state index in [2.05, 4.69) is 0 Å². The molecule has 3 fully saturated rings. The fraction of sp³-hybridized carbons (Fsp3) is 0.552. The number of aliphatic hydroxyl groups is 2. The predicted molar refractivity (Wildman–Crippen MR) is 138 cm³/mol. The molecule has 0 aromatic heterocycles. The average Bonchev–Trinajstić information content (AvgIpc) is 3.09. The molecule has 5 rings (SSSR count). The Morgan fingerprint density at radius 2 is 1.90 bits per heavy atom. The van der Waals surface area contributed by atoms with Crippen LogP contribution in [0, 0.1) is 28.6 Å². The first kappa shape index (κ1) is 32.2. The van der Waals surface area contributed by atoms with Crippen LogP contribution in [0.4, 0.5) is 4.39 Å². The molecular formula is C29H32FNaO9S. The molecule has 0 saturated heterocycles. The second-order valence-corrected chi connectivity index (χ2v) is 13.5. The molecule has 41 heavy (non-hydrogen) atoms. The van der Waals surface area contributed by atoms with Gasteiger partial charge < -0.3 is 19.5 Å². The van der Waals surface area contributed by atoms with Gasteiger partial charge in [0.1, 0.15) is 15.7 Å². The van der Waals surface area contributed by atoms with Crippen LogP contribution in [-0.4, -0.2) is 64.7 Å². The van der Waals surface area contributed by atoms with Crippen molar-refractivity contribution in [3.8, 4) is 0 Å². The van der Waals surface area contributed by atoms with Crippen LogP contribution < -0.4 is 29.6 Å². The summed E-state index contributed by atoms with van der Waals surface area (Å²) in [6, 6.07) is 4.29. The Morgan fingerprint density at radius 3 is 2.56 bits per heavy atom. The van der Waals surface area contributed by atoms with Crippen LogP contribution in [0.5, 0.6) is 0 Å². The summed E-state index contributed by atoms with van der Waals surface area (Å²) < 4.78 is 56.3. The number of aliphatic hydroxyl groups excluding tert-OH is 1. The molecule has 0 aliphatic heterocycles. The predicted octanol–water partition coefficient (Wildman–Crippen LogP) is -0.331. The zero-order valence-electron chi connectivity index (χ0n) is 23.4. The fourth-order valence-corrected chi connectivity index (χ4v) is 8.76. The van der Waals surface area contributed by atoms with E-state index < -0.39 is 79.3 Å². The van der Waals surface area contributed by atoms with E-state index in [4.69, 9.17) is 4.74 Å². The Balaban J connectivity index is 0.00000387. The maximum absolute atomic E-state index is 17.3. The summed E-state index contributed by atoms with van der Waals surface area (Å²) >= 11 is 0. The number of ketones is 2. The van der Waals surface area contributed by atoms with Crippen LogP contribution in [0.2, 0.25) is 0 Å². The summed E-state index contributed by atoms with van der Waals surface area (Å²) in [6.45, 7) is 4.18. The molecule has 0 heterocycles. The Bertz CT molecular complexity index is 1470. The van der Waals surface area contributed by atoms with Crippen molar-refractivity contribution in [3.63, 3.8) is 0 Å². The van der Waals surface area contributed by atoms with E-state index in [-0.39, 0.29) is 47.3 Å². The molecule has 0 amide bonds. The SMILES string of the molecule is C[C@H]1C[C@H]2[C@@H]3CCC4=CC(=O)C=C[C@]4(C)[C@@]3(F)[C@@H](O)C[C@]2(C)[C@@]1(O)C(=O)COC(=O)c1cccc(S(=O)(=O)[O-])c1.[Na+]. The van der Waals surface area contributed by atoms with Gasteiger partial charge in [0.25, 0.3) is 0 Å². The molecule has 8 atom stereocenters. The van der Waals surface area contributed by atoms with Crippen molar-refractivity contribution in [1.82, 2.24) is 0 Å². The van der Waals surface area contributed by atoms with Gasteiger partial charge in [-0.15, -0.1) is 0 Å². The van der Waals surface area contributed by atoms with Gasteiger partial charge in [-0.3, -0.25) is 9.59 Å². The number of hydrogen-bond acceptors (Lipinski definition) is 9. The van der Waals surface area contributed by atoms with E-state index in [1.165, 1.54) is 30.4 Å². The van der Waals surface area contributed by atoms with Crippen LogP contribution in [0.1, 0.15) is 56.8 Å². The summed E-state index contributed by atoms with van der Waals surface area (Å²) in [4.78, 5) is 37.5. The van der Waals surface area contributed by atoms with Crippen LogP contribution >= 0.6 is 0 Å². The van der Waals surface area contributed by atoms with Gasteiger partial charge in [0, 0.05) is 16.7 Å². The number of hydrogen-bond donors (Lipinski definition) is 2. The standard InChI is InChI=1S/C29H33FO9S.Na/c1-16-11-22-21-8-7-18-13-19(31)9-10-26(18,2)28(21,30)23(32)14-27(22,3)29(16,35)24(33)15-39-25(34)17-5-4-6-20(12-17)40(36,37)38;/h4-6,9-10,12-13,16,21-23,32,35H,7-8,11,14-15H2,1-3H3,(H,36,37,38);/q;+1/p-1/t16-,21-,22-,23-,26-,27-,28-,29-;/m0./s1. The number of fused-ring (bicyclic) bond motifs is 5. The zero-order chi connectivity index (χ0) is 29.5. The molecule has 0 spiro atoms. The average molecular weight is 599 g/mol. The first-order chi connectivity index (χ1) is 18.5. The van der Waals surface area contributed by atoms with Gasteiger partial charge in [0.05, 0.1) is 16.6 Å². The topological polar surface area (TPSA) is 158 Å². The summed E-state index contributed by atoms with van der Waals surface area (Å²) in [5.41, 5.74) is -6.24. The second kappa shape index (κ2) is 10.5. The number of alkyl halides is 1. The molecule has 1 aromatic carbocycles. The maximum atomic E-state index is 17.3. The first-order valence-electron chi connectivity index (χ1n) is 13.3. The minimum absolute atomic E-state index is 0. The molecule has 1 aromatic rings. The molecule has 216 valence electrons. The van der Waals surface area contributed by atoms with Crippen molar-refractivity contribution in [1.29, 1.82) is 0 Å². The van der Waals surface area contributed by atoms with Gasteiger partial charge in [0.15, 0.2) is 18.1 Å². The smallest absolute Gasteiger partial charge is 0.744 e. The van der Waals surface area contributed by atoms with Gasteiger partial charge in [-0.05, 0) is 74.8 Å². The summed E-state index contributed by atoms with van der Waals surface area (Å²) in [5.74, 6) is -3.93. The third kappa shape index (κ3) is 4.54. The molecule has 0 unspecified atom stereocenters. The van der Waals surface area contributed by atoms with Gasteiger partial charge in [-0.1, -0.05) is 31.6 Å². The van der Waals surface area contributed by atoms with E-state index in [1.54, 1.807) is 20.8 Å². The molecule has 12 heteroatoms. The number of rotatable bonds is 5. The largest absolute Gasteiger partial charge is 1.00 e. The van der Waals surface area contributed by atoms with E-state index >= 15 is 4.39 Å². The molecule has 3 saturated carbocycles. The molecule has 4 aliphatic rings. The summed E-state index contributed by atoms with van der Waals surface area (Å²) in [5, 5.41) is 23.4. The second-order valence-electron chi connectivity index (χ2n) is 12.1. The van der Waals surface area contributed by atoms with Crippen LogP contribution in [0.3, 0.4) is 0 Å². The number of carbonyl (C=O) groups excluding carboxylic acids is 3. The van der Waals surface area contributed by atoms with Crippen molar-refractivity contribution in [2.75, 3.05) is 6.61 Å². The number of esters is 1. The van der Waals surface area contributed by atoms with E-state index in [9.17, 15) is 37.6 Å². The molecule has 0 bridgehead atoms. The third-order valence-electron chi connectivity index (χ3n) is 10.3. The Hall–Kier alpha value is -1.73. The number of halogens is 1. The number of allylic oxidation sites excluding steroid dienone is 4. The van der Waals surface area contributed by atoms with E-state index in [1.807, 2.05) is 0 Å². The first-order valence-corrected chi connectivity index (χ1v) is 14.7. The summed E-state index contributed by atoms with van der Waals surface area (Å²) in [6.07, 6.45) is 3.60. The maximum Gasteiger partial charge on any atom is 1.00 e. The molecule has 2 N–H and O–H groups in total. The van der Waals surface area contributed by atoms with Gasteiger partial charge in [0.2, 0.25) is 5.78 Å². The molecule has 9 nitrogen and oxygen atoms in total. The minimum Gasteiger partial charge on any atom is -0.744 e. The minimum atomic E-state index is -4.82. The van der Waals surface area contributed by atoms with Crippen molar-refractivity contribution in [2.45, 2.75) is 68.7 Å². The molecular weight excluding hydrogens is 566 g/mol. The molecule has 4 aliphatic carbocycles. The molecule has 0 radical (unpaired) electrons. The van der Waals surface area contributed by atoms with Crippen LogP contribution in [0.15, 0.2) is 53.0 Å². The normalized spacial score (nSPS) is 39.5. The monoisotopic (exact) mass is 598 g/mol. The third-order valence-corrected chi connectivity index (χ3v) is 11.2. The Kier molecular flexibility index (Phi) is 8.22. The number of Topliss-reactive ketones (excluding diaryl/α,β-unsaturated/α-hetero) is 1. The zero-order valence-corrected chi connectivity index (χ0v) is 26.2. The van der Waals surface area contributed by atoms with Crippen molar-refractivity contribution >= 4 is 27.7 Å². The van der Waals surface area contributed by atoms with E-state index in [0.717, 1.165) is 12.1 Å². The summed E-state index contributed by atoms with van der Waals surface area (Å²) in [7, 11) is -4.82. The van der Waals surface area contributed by atoms with E-state index in [0.29, 0.717) is 24.8 Å². The van der Waals surface area contributed by atoms with Crippen LogP contribution in [-0.2, 0) is 24.4 Å². The van der Waals surface area contributed by atoms with Gasteiger partial charge in [-0.2, -0.15) is 0 Å². The van der Waals surface area contributed by atoms with Crippen molar-refractivity contribution in [2.24, 2.45) is 28.6 Å². The van der Waals surface area contributed by atoms with Gasteiger partial charge >= 0.3 is 35.5 Å². The van der Waals surface area contributed by atoms with Crippen LogP contribution in [0.25, 0.3) is 0 Å². The number of ether oxygens (including phenoxy) is 1. The number of benzene rings is 1. The number of carbonyl (C=O) groups is 3. The van der Waals surface area contributed by atoms with Gasteiger partial charge in [-0.25, -0.2) is 17.6 Å². The quantitative estimate of drug-likeness (QED) is 0.263. The van der Waals surface area contributed by atoms with Crippen molar-refractivity contribution in [3.05, 3.63) is 53.6 Å².